The van der Waals surface area contributed by atoms with Crippen molar-refractivity contribution in [1.29, 1.82) is 0 Å². The van der Waals surface area contributed by atoms with Crippen molar-refractivity contribution >= 4 is 27.5 Å². The second-order valence-corrected chi connectivity index (χ2v) is 8.36. The van der Waals surface area contributed by atoms with E-state index in [9.17, 15) is 15.0 Å². The molecule has 0 bridgehead atoms. The van der Waals surface area contributed by atoms with Crippen LogP contribution in [0.5, 0.6) is 23.0 Å². The van der Waals surface area contributed by atoms with E-state index in [-0.39, 0.29) is 11.5 Å². The molecule has 0 saturated carbocycles. The third-order valence-electron chi connectivity index (χ3n) is 6.70. The average Bonchev–Trinajstić information content (AvgIpc) is 3.14. The summed E-state index contributed by atoms with van der Waals surface area (Å²) in [6.45, 7) is 0. The van der Waals surface area contributed by atoms with Crippen molar-refractivity contribution in [3.05, 3.63) is 107 Å². The summed E-state index contributed by atoms with van der Waals surface area (Å²) in [6.07, 6.45) is 0. The van der Waals surface area contributed by atoms with E-state index in [1.165, 1.54) is 6.07 Å². The van der Waals surface area contributed by atoms with E-state index in [0.717, 1.165) is 16.3 Å². The van der Waals surface area contributed by atoms with Crippen LogP contribution >= 0.6 is 0 Å². The van der Waals surface area contributed by atoms with Gasteiger partial charge in [-0.1, -0.05) is 60.7 Å². The zero-order chi connectivity index (χ0) is 22.3. The van der Waals surface area contributed by atoms with Crippen LogP contribution in [0.4, 0.5) is 0 Å². The van der Waals surface area contributed by atoms with Gasteiger partial charge in [-0.3, -0.25) is 0 Å². The van der Waals surface area contributed by atoms with Gasteiger partial charge in [0.1, 0.15) is 11.5 Å². The van der Waals surface area contributed by atoms with Gasteiger partial charge in [0, 0.05) is 22.1 Å². The van der Waals surface area contributed by atoms with Gasteiger partial charge in [-0.05, 0) is 35.0 Å². The molecule has 1 spiro atoms. The SMILES string of the molecule is O=C1OC2(c3ccccc31)c1ccc3ccccc3c1Oc1c2ccc2ccc(O)c(O)c12. The molecule has 0 saturated heterocycles. The number of hydrogen-bond donors (Lipinski definition) is 2. The molecule has 0 fully saturated rings. The maximum Gasteiger partial charge on any atom is 0.340 e. The highest BCUT2D eigenvalue weighted by Gasteiger charge is 2.54. The van der Waals surface area contributed by atoms with E-state index in [2.05, 4.69) is 0 Å². The summed E-state index contributed by atoms with van der Waals surface area (Å²) in [6, 6.07) is 25.9. The highest BCUT2D eigenvalue weighted by molar-refractivity contribution is 6.02. The molecule has 5 heteroatoms. The van der Waals surface area contributed by atoms with Crippen molar-refractivity contribution in [3.8, 4) is 23.0 Å². The molecule has 33 heavy (non-hydrogen) atoms. The van der Waals surface area contributed by atoms with Gasteiger partial charge in [-0.15, -0.1) is 0 Å². The van der Waals surface area contributed by atoms with Gasteiger partial charge in [0.2, 0.25) is 0 Å². The number of esters is 1. The number of carbonyl (C=O) groups excluding carboxylic acids is 1. The van der Waals surface area contributed by atoms with Gasteiger partial charge in [0.05, 0.1) is 10.9 Å². The summed E-state index contributed by atoms with van der Waals surface area (Å²) in [4.78, 5) is 13.1. The van der Waals surface area contributed by atoms with Crippen molar-refractivity contribution in [1.82, 2.24) is 0 Å². The molecule has 2 aliphatic heterocycles. The first-order chi connectivity index (χ1) is 16.1. The predicted molar refractivity (Wildman–Crippen MR) is 123 cm³/mol. The molecule has 2 N–H and O–H groups in total. The molecule has 2 heterocycles. The minimum Gasteiger partial charge on any atom is -0.504 e. The number of aromatic hydroxyl groups is 2. The molecule has 5 aromatic rings. The third kappa shape index (κ3) is 2.13. The molecule has 5 nitrogen and oxygen atoms in total. The van der Waals surface area contributed by atoms with Gasteiger partial charge in [-0.25, -0.2) is 4.79 Å². The molecule has 0 aliphatic carbocycles. The Labute approximate surface area is 188 Å². The molecular formula is C28H16O5. The number of phenols is 2. The fourth-order valence-electron chi connectivity index (χ4n) is 5.23. The van der Waals surface area contributed by atoms with Crippen molar-refractivity contribution in [2.75, 3.05) is 0 Å². The van der Waals surface area contributed by atoms with Crippen LogP contribution in [0.15, 0.2) is 84.9 Å². The largest absolute Gasteiger partial charge is 0.504 e. The fraction of sp³-hybridized carbons (Fsp3) is 0.0357. The Bertz CT molecular complexity index is 1670. The summed E-state index contributed by atoms with van der Waals surface area (Å²) in [7, 11) is 0. The Kier molecular flexibility index (Phi) is 3.32. The van der Waals surface area contributed by atoms with Crippen LogP contribution in [-0.4, -0.2) is 16.2 Å². The van der Waals surface area contributed by atoms with Gasteiger partial charge in [-0.2, -0.15) is 0 Å². The Morgan fingerprint density at radius 1 is 0.667 bits per heavy atom. The third-order valence-corrected chi connectivity index (χ3v) is 6.70. The van der Waals surface area contributed by atoms with Gasteiger partial charge in [0.15, 0.2) is 17.1 Å². The zero-order valence-corrected chi connectivity index (χ0v) is 17.2. The summed E-state index contributed by atoms with van der Waals surface area (Å²) >= 11 is 0. The first kappa shape index (κ1) is 18.1. The first-order valence-electron chi connectivity index (χ1n) is 10.6. The van der Waals surface area contributed by atoms with Crippen molar-refractivity contribution in [2.24, 2.45) is 0 Å². The van der Waals surface area contributed by atoms with E-state index >= 15 is 0 Å². The number of phenolic OH excluding ortho intramolecular Hbond substituents is 2. The summed E-state index contributed by atoms with van der Waals surface area (Å²) in [5.41, 5.74) is 1.27. The van der Waals surface area contributed by atoms with Crippen LogP contribution in [0.2, 0.25) is 0 Å². The topological polar surface area (TPSA) is 76.0 Å². The van der Waals surface area contributed by atoms with E-state index in [4.69, 9.17) is 9.47 Å². The quantitative estimate of drug-likeness (QED) is 0.233. The maximum absolute atomic E-state index is 13.1. The lowest BCUT2D eigenvalue weighted by atomic mass is 9.76. The fourth-order valence-corrected chi connectivity index (χ4v) is 5.23. The van der Waals surface area contributed by atoms with Crippen LogP contribution in [0.1, 0.15) is 27.0 Å². The van der Waals surface area contributed by atoms with E-state index in [1.54, 1.807) is 12.1 Å². The summed E-state index contributed by atoms with van der Waals surface area (Å²) in [5.74, 6) is -0.0331. The summed E-state index contributed by atoms with van der Waals surface area (Å²) in [5, 5.41) is 24.0. The van der Waals surface area contributed by atoms with Crippen LogP contribution in [0, 0.1) is 0 Å². The molecule has 7 rings (SSSR count). The van der Waals surface area contributed by atoms with E-state index < -0.39 is 11.6 Å². The van der Waals surface area contributed by atoms with E-state index in [1.807, 2.05) is 66.7 Å². The predicted octanol–water partition coefficient (Wildman–Crippen LogP) is 5.97. The van der Waals surface area contributed by atoms with E-state index in [0.29, 0.717) is 39.0 Å². The zero-order valence-electron chi connectivity index (χ0n) is 17.2. The standard InChI is InChI=1S/C28H16O5/c29-22-14-11-16-10-13-21-26(23(16)24(22)30)32-25-17-6-2-1-5-15(17)9-12-20(25)28(21)19-8-4-3-7-18(19)27(31)33-28/h1-14,29-30H. The average molecular weight is 432 g/mol. The molecule has 158 valence electrons. The number of fused-ring (bicyclic) bond motifs is 10. The Balaban J connectivity index is 1.70. The maximum atomic E-state index is 13.1. The number of benzene rings is 5. The van der Waals surface area contributed by atoms with Gasteiger partial charge >= 0.3 is 5.97 Å². The van der Waals surface area contributed by atoms with Gasteiger partial charge < -0.3 is 19.7 Å². The Hall–Kier alpha value is -4.51. The second-order valence-electron chi connectivity index (χ2n) is 8.36. The smallest absolute Gasteiger partial charge is 0.340 e. The van der Waals surface area contributed by atoms with Crippen LogP contribution in [0.25, 0.3) is 21.5 Å². The molecule has 0 amide bonds. The molecule has 0 aromatic heterocycles. The molecular weight excluding hydrogens is 416 g/mol. The van der Waals surface area contributed by atoms with Crippen molar-refractivity contribution in [2.45, 2.75) is 5.60 Å². The van der Waals surface area contributed by atoms with Gasteiger partial charge in [0.25, 0.3) is 0 Å². The number of hydrogen-bond acceptors (Lipinski definition) is 5. The molecule has 5 aromatic carbocycles. The van der Waals surface area contributed by atoms with Crippen LogP contribution in [0.3, 0.4) is 0 Å². The molecule has 1 atom stereocenters. The van der Waals surface area contributed by atoms with Crippen LogP contribution in [-0.2, 0) is 10.3 Å². The minimum absolute atomic E-state index is 0.249. The lowest BCUT2D eigenvalue weighted by Gasteiger charge is -2.37. The molecule has 2 aliphatic rings. The number of carbonyl (C=O) groups is 1. The summed E-state index contributed by atoms with van der Waals surface area (Å²) < 4.78 is 12.7. The first-order valence-corrected chi connectivity index (χ1v) is 10.6. The van der Waals surface area contributed by atoms with Crippen LogP contribution < -0.4 is 4.74 Å². The minimum atomic E-state index is -1.24. The Morgan fingerprint density at radius 3 is 2.24 bits per heavy atom. The second kappa shape index (κ2) is 6.04. The highest BCUT2D eigenvalue weighted by Crippen LogP contribution is 2.59. The highest BCUT2D eigenvalue weighted by atomic mass is 16.6. The van der Waals surface area contributed by atoms with Crippen molar-refractivity contribution < 1.29 is 24.5 Å². The molecule has 1 unspecified atom stereocenters. The Morgan fingerprint density at radius 2 is 1.36 bits per heavy atom. The monoisotopic (exact) mass is 432 g/mol. The number of ether oxygens (including phenoxy) is 2. The lowest BCUT2D eigenvalue weighted by molar-refractivity contribution is 0.0226. The lowest BCUT2D eigenvalue weighted by Crippen LogP contribution is -2.33. The van der Waals surface area contributed by atoms with Crippen molar-refractivity contribution in [3.63, 3.8) is 0 Å². The number of rotatable bonds is 0. The normalized spacial score (nSPS) is 18.0. The molecule has 0 radical (unpaired) electrons.